The minimum Gasteiger partial charge on any atom is -0.494 e. The van der Waals surface area contributed by atoms with Crippen LogP contribution in [0.1, 0.15) is 22.8 Å². The summed E-state index contributed by atoms with van der Waals surface area (Å²) in [6.45, 7) is 2.91. The van der Waals surface area contributed by atoms with Crippen molar-refractivity contribution in [1.82, 2.24) is 4.90 Å². The number of amides is 1. The number of carbonyl (C=O) groups is 1. The lowest BCUT2D eigenvalue weighted by atomic mass is 10.1. The molecule has 0 atom stereocenters. The maximum absolute atomic E-state index is 13.0. The van der Waals surface area contributed by atoms with Gasteiger partial charge in [-0.1, -0.05) is 36.4 Å². The summed E-state index contributed by atoms with van der Waals surface area (Å²) < 4.78 is 32.7. The van der Waals surface area contributed by atoms with Crippen LogP contribution in [0.3, 0.4) is 0 Å². The number of sulfonamides is 1. The largest absolute Gasteiger partial charge is 0.494 e. The highest BCUT2D eigenvalue weighted by Crippen LogP contribution is 2.23. The molecule has 0 aromatic heterocycles. The molecule has 0 aliphatic carbocycles. The van der Waals surface area contributed by atoms with E-state index >= 15 is 0 Å². The predicted molar refractivity (Wildman–Crippen MR) is 122 cm³/mol. The van der Waals surface area contributed by atoms with E-state index in [4.69, 9.17) is 4.74 Å². The Labute approximate surface area is 183 Å². The highest BCUT2D eigenvalue weighted by molar-refractivity contribution is 7.92. The summed E-state index contributed by atoms with van der Waals surface area (Å²) in [7, 11) is -0.606. The summed E-state index contributed by atoms with van der Waals surface area (Å²) in [5, 5.41) is 0. The summed E-state index contributed by atoms with van der Waals surface area (Å²) in [5.74, 6) is 0.522. The molecular weight excluding hydrogens is 412 g/mol. The number of para-hydroxylation sites is 1. The van der Waals surface area contributed by atoms with Crippen molar-refractivity contribution in [2.45, 2.75) is 18.4 Å². The van der Waals surface area contributed by atoms with Crippen molar-refractivity contribution in [3.05, 3.63) is 90.0 Å². The van der Waals surface area contributed by atoms with E-state index in [1.54, 1.807) is 48.3 Å². The van der Waals surface area contributed by atoms with Gasteiger partial charge in [-0.15, -0.1) is 0 Å². The molecule has 7 heteroatoms. The summed E-state index contributed by atoms with van der Waals surface area (Å²) in [6.07, 6.45) is 0. The van der Waals surface area contributed by atoms with Gasteiger partial charge in [-0.05, 0) is 55.0 Å². The smallest absolute Gasteiger partial charge is 0.264 e. The fourth-order valence-corrected chi connectivity index (χ4v) is 4.39. The Morgan fingerprint density at radius 1 is 0.903 bits per heavy atom. The van der Waals surface area contributed by atoms with Crippen molar-refractivity contribution in [3.8, 4) is 5.75 Å². The van der Waals surface area contributed by atoms with E-state index in [-0.39, 0.29) is 10.8 Å². The normalized spacial score (nSPS) is 11.1. The van der Waals surface area contributed by atoms with Gasteiger partial charge in [0.15, 0.2) is 0 Å². The van der Waals surface area contributed by atoms with E-state index in [1.807, 2.05) is 37.3 Å². The maximum Gasteiger partial charge on any atom is 0.264 e. The Hall–Kier alpha value is -3.32. The molecule has 0 heterocycles. The second-order valence-electron chi connectivity index (χ2n) is 7.07. The molecule has 6 nitrogen and oxygen atoms in total. The van der Waals surface area contributed by atoms with Crippen LogP contribution in [0, 0.1) is 0 Å². The number of anilines is 1. The van der Waals surface area contributed by atoms with Crippen LogP contribution in [0.15, 0.2) is 83.8 Å². The number of hydrogen-bond donors (Lipinski definition) is 0. The highest BCUT2D eigenvalue weighted by atomic mass is 32.2. The second kappa shape index (κ2) is 9.66. The molecule has 3 aromatic rings. The van der Waals surface area contributed by atoms with Gasteiger partial charge in [-0.3, -0.25) is 9.10 Å². The molecule has 0 radical (unpaired) electrons. The molecule has 0 unspecified atom stereocenters. The van der Waals surface area contributed by atoms with Crippen molar-refractivity contribution in [3.63, 3.8) is 0 Å². The molecule has 0 aliphatic heterocycles. The van der Waals surface area contributed by atoms with Gasteiger partial charge >= 0.3 is 0 Å². The van der Waals surface area contributed by atoms with Gasteiger partial charge in [0.25, 0.3) is 15.9 Å². The first-order valence-electron chi connectivity index (χ1n) is 9.94. The minimum absolute atomic E-state index is 0.0687. The number of nitrogens with zero attached hydrogens (tertiary/aromatic N) is 2. The summed E-state index contributed by atoms with van der Waals surface area (Å²) in [6, 6.07) is 22.5. The molecule has 0 saturated heterocycles. The third-order valence-corrected chi connectivity index (χ3v) is 6.64. The van der Waals surface area contributed by atoms with Crippen LogP contribution in [-0.2, 0) is 16.6 Å². The van der Waals surface area contributed by atoms with Gasteiger partial charge in [0.1, 0.15) is 5.75 Å². The lowest BCUT2D eigenvalue weighted by Crippen LogP contribution is -2.28. The Balaban J connectivity index is 1.77. The molecule has 3 aromatic carbocycles. The first-order valence-corrected chi connectivity index (χ1v) is 11.4. The molecule has 0 spiro atoms. The monoisotopic (exact) mass is 438 g/mol. The Kier molecular flexibility index (Phi) is 6.97. The van der Waals surface area contributed by atoms with E-state index in [1.165, 1.54) is 23.5 Å². The van der Waals surface area contributed by atoms with Gasteiger partial charge in [-0.25, -0.2) is 8.42 Å². The molecule has 1 amide bonds. The Morgan fingerprint density at radius 3 is 2.23 bits per heavy atom. The zero-order chi connectivity index (χ0) is 22.4. The minimum atomic E-state index is -3.79. The summed E-state index contributed by atoms with van der Waals surface area (Å²) in [5.41, 5.74) is 1.81. The van der Waals surface area contributed by atoms with Crippen molar-refractivity contribution in [1.29, 1.82) is 0 Å². The van der Waals surface area contributed by atoms with Gasteiger partial charge in [0, 0.05) is 26.2 Å². The van der Waals surface area contributed by atoms with E-state index in [9.17, 15) is 13.2 Å². The van der Waals surface area contributed by atoms with Gasteiger partial charge in [0.2, 0.25) is 0 Å². The molecule has 0 bridgehead atoms. The predicted octanol–water partition coefficient (Wildman–Crippen LogP) is 4.18. The number of ether oxygens (including phenoxy) is 1. The fourth-order valence-electron chi connectivity index (χ4n) is 3.15. The lowest BCUT2D eigenvalue weighted by molar-refractivity contribution is 0.0785. The zero-order valence-electron chi connectivity index (χ0n) is 17.9. The number of hydrogen-bond acceptors (Lipinski definition) is 4. The Morgan fingerprint density at radius 2 is 1.58 bits per heavy atom. The molecule has 0 saturated carbocycles. The van der Waals surface area contributed by atoms with Gasteiger partial charge < -0.3 is 9.64 Å². The fraction of sp³-hybridized carbons (Fsp3) is 0.208. The highest BCUT2D eigenvalue weighted by Gasteiger charge is 2.23. The van der Waals surface area contributed by atoms with Crippen LogP contribution < -0.4 is 9.04 Å². The number of benzene rings is 3. The quantitative estimate of drug-likeness (QED) is 0.529. The first kappa shape index (κ1) is 22.4. The van der Waals surface area contributed by atoms with Crippen molar-refractivity contribution in [2.75, 3.05) is 25.0 Å². The molecule has 31 heavy (non-hydrogen) atoms. The van der Waals surface area contributed by atoms with E-state index < -0.39 is 10.0 Å². The third kappa shape index (κ3) is 5.24. The van der Waals surface area contributed by atoms with E-state index in [0.717, 1.165) is 11.3 Å². The van der Waals surface area contributed by atoms with Crippen LogP contribution >= 0.6 is 0 Å². The van der Waals surface area contributed by atoms with Gasteiger partial charge in [0.05, 0.1) is 17.2 Å². The van der Waals surface area contributed by atoms with Crippen molar-refractivity contribution < 1.29 is 17.9 Å². The van der Waals surface area contributed by atoms with Crippen molar-refractivity contribution in [2.24, 2.45) is 0 Å². The van der Waals surface area contributed by atoms with Crippen molar-refractivity contribution >= 4 is 21.6 Å². The first-order chi connectivity index (χ1) is 14.8. The van der Waals surface area contributed by atoms with E-state index in [2.05, 4.69) is 0 Å². The summed E-state index contributed by atoms with van der Waals surface area (Å²) >= 11 is 0. The number of carbonyl (C=O) groups excluding carboxylic acids is 1. The van der Waals surface area contributed by atoms with E-state index in [0.29, 0.717) is 24.4 Å². The molecule has 0 aliphatic rings. The average molecular weight is 439 g/mol. The molecule has 162 valence electrons. The van der Waals surface area contributed by atoms with Gasteiger partial charge in [-0.2, -0.15) is 0 Å². The van der Waals surface area contributed by atoms with Crippen LogP contribution in [0.25, 0.3) is 0 Å². The molecule has 3 rings (SSSR count). The molecule has 0 fully saturated rings. The SMILES string of the molecule is CCOc1ccc(CN(C)C(=O)c2cccc(S(=O)(=O)N(C)c3ccccc3)c2)cc1. The maximum atomic E-state index is 13.0. The zero-order valence-corrected chi connectivity index (χ0v) is 18.7. The standard InChI is InChI=1S/C24H26N2O4S/c1-4-30-22-15-13-19(14-16-22)18-25(2)24(27)20-9-8-12-23(17-20)31(28,29)26(3)21-10-6-5-7-11-21/h5-17H,4,18H2,1-3H3. The second-order valence-corrected chi connectivity index (χ2v) is 9.04. The van der Waals surface area contributed by atoms with Crippen LogP contribution in [0.4, 0.5) is 5.69 Å². The third-order valence-electron chi connectivity index (χ3n) is 4.86. The lowest BCUT2D eigenvalue weighted by Gasteiger charge is -2.21. The Bertz CT molecular complexity index is 1130. The topological polar surface area (TPSA) is 66.9 Å². The number of rotatable bonds is 8. The van der Waals surface area contributed by atoms with Crippen LogP contribution in [0.5, 0.6) is 5.75 Å². The summed E-state index contributed by atoms with van der Waals surface area (Å²) in [4.78, 5) is 14.6. The molecular formula is C24H26N2O4S. The van der Waals surface area contributed by atoms with Crippen LogP contribution in [-0.4, -0.2) is 39.9 Å². The molecule has 0 N–H and O–H groups in total. The van der Waals surface area contributed by atoms with Crippen LogP contribution in [0.2, 0.25) is 0 Å². The average Bonchev–Trinajstić information content (AvgIpc) is 2.80.